The molecule has 1 aromatic carbocycles. The predicted octanol–water partition coefficient (Wildman–Crippen LogP) is 2.97. The lowest BCUT2D eigenvalue weighted by Gasteiger charge is -2.26. The zero-order valence-corrected chi connectivity index (χ0v) is 18.0. The van der Waals surface area contributed by atoms with Gasteiger partial charge in [0.05, 0.1) is 24.6 Å². The van der Waals surface area contributed by atoms with Crippen LogP contribution in [0.15, 0.2) is 41.8 Å². The van der Waals surface area contributed by atoms with Crippen molar-refractivity contribution in [3.8, 4) is 11.3 Å². The highest BCUT2D eigenvalue weighted by Gasteiger charge is 2.21. The molecular formula is C22H22N6O2S. The van der Waals surface area contributed by atoms with Crippen LogP contribution in [0.4, 0.5) is 11.6 Å². The first-order valence-corrected chi connectivity index (χ1v) is 11.4. The molecule has 1 fully saturated rings. The second-order valence-corrected chi connectivity index (χ2v) is 8.16. The number of thioether (sulfide) groups is 1. The van der Waals surface area contributed by atoms with E-state index in [9.17, 15) is 4.79 Å². The third-order valence-electron chi connectivity index (χ3n) is 5.47. The second-order valence-electron chi connectivity index (χ2n) is 7.39. The van der Waals surface area contributed by atoms with Crippen LogP contribution in [0.25, 0.3) is 11.3 Å². The molecule has 2 aromatic heterocycles. The molecule has 0 unspecified atom stereocenters. The highest BCUT2D eigenvalue weighted by atomic mass is 32.2. The number of nitrogens with one attached hydrogen (secondary N) is 1. The smallest absolute Gasteiger partial charge is 0.254 e. The molecule has 2 aliphatic rings. The quantitative estimate of drug-likeness (QED) is 0.495. The number of ether oxygens (including phenoxy) is 1. The topological polar surface area (TPSA) is 93.1 Å². The van der Waals surface area contributed by atoms with Gasteiger partial charge in [0.15, 0.2) is 5.16 Å². The Morgan fingerprint density at radius 2 is 1.87 bits per heavy atom. The molecular weight excluding hydrogens is 412 g/mol. The minimum Gasteiger partial charge on any atom is -0.378 e. The van der Waals surface area contributed by atoms with Crippen molar-refractivity contribution in [3.63, 3.8) is 0 Å². The standard InChI is InChI=1S/C22H22N6O2S/c1-31-22-24-13-17-18(26-22)7-4-15-12-23-21(27-19(15)17)25-16-5-2-14(3-6-16)20(29)28-8-10-30-11-9-28/h2-3,5-6,12-13H,4,7-11H2,1H3,(H,23,25,27). The number of carbonyl (C=O) groups excluding carboxylic acids is 1. The Hall–Kier alpha value is -3.04. The maximum absolute atomic E-state index is 12.6. The molecule has 1 aliphatic heterocycles. The van der Waals surface area contributed by atoms with Crippen molar-refractivity contribution in [2.75, 3.05) is 37.9 Å². The number of anilines is 2. The predicted molar refractivity (Wildman–Crippen MR) is 119 cm³/mol. The number of nitrogens with zero attached hydrogens (tertiary/aromatic N) is 5. The Bertz CT molecular complexity index is 1120. The molecule has 0 spiro atoms. The molecule has 0 bridgehead atoms. The number of amides is 1. The Labute approximate surface area is 184 Å². The Kier molecular flexibility index (Phi) is 5.52. The van der Waals surface area contributed by atoms with Crippen LogP contribution >= 0.6 is 11.8 Å². The minimum atomic E-state index is 0.0288. The number of rotatable bonds is 4. The third kappa shape index (κ3) is 4.11. The highest BCUT2D eigenvalue weighted by molar-refractivity contribution is 7.98. The number of aromatic nitrogens is 4. The molecule has 5 rings (SSSR count). The molecule has 0 atom stereocenters. The van der Waals surface area contributed by atoms with E-state index in [4.69, 9.17) is 9.72 Å². The van der Waals surface area contributed by atoms with Crippen molar-refractivity contribution in [2.45, 2.75) is 18.0 Å². The van der Waals surface area contributed by atoms with Crippen molar-refractivity contribution in [3.05, 3.63) is 53.5 Å². The van der Waals surface area contributed by atoms with Crippen molar-refractivity contribution in [1.82, 2.24) is 24.8 Å². The van der Waals surface area contributed by atoms with Gasteiger partial charge in [-0.25, -0.2) is 19.9 Å². The summed E-state index contributed by atoms with van der Waals surface area (Å²) in [5.41, 5.74) is 5.46. The Balaban J connectivity index is 1.34. The lowest BCUT2D eigenvalue weighted by molar-refractivity contribution is 0.0303. The zero-order valence-electron chi connectivity index (χ0n) is 17.2. The maximum Gasteiger partial charge on any atom is 0.254 e. The van der Waals surface area contributed by atoms with E-state index in [0.29, 0.717) is 37.8 Å². The van der Waals surface area contributed by atoms with E-state index in [2.05, 4.69) is 20.3 Å². The largest absolute Gasteiger partial charge is 0.378 e. The third-order valence-corrected chi connectivity index (χ3v) is 6.03. The van der Waals surface area contributed by atoms with Gasteiger partial charge in [-0.05, 0) is 48.9 Å². The fourth-order valence-corrected chi connectivity index (χ4v) is 4.16. The minimum absolute atomic E-state index is 0.0288. The molecule has 3 heterocycles. The highest BCUT2D eigenvalue weighted by Crippen LogP contribution is 2.32. The zero-order chi connectivity index (χ0) is 21.2. The molecule has 1 saturated heterocycles. The number of aryl methyl sites for hydroxylation is 2. The van der Waals surface area contributed by atoms with Crippen LogP contribution < -0.4 is 5.32 Å². The van der Waals surface area contributed by atoms with Gasteiger partial charge in [-0.2, -0.15) is 0 Å². The summed E-state index contributed by atoms with van der Waals surface area (Å²) in [6, 6.07) is 7.40. The van der Waals surface area contributed by atoms with Crippen LogP contribution in [-0.2, 0) is 17.6 Å². The summed E-state index contributed by atoms with van der Waals surface area (Å²) in [5.74, 6) is 0.536. The van der Waals surface area contributed by atoms with E-state index in [-0.39, 0.29) is 5.91 Å². The first-order chi connectivity index (χ1) is 15.2. The van der Waals surface area contributed by atoms with Gasteiger partial charge < -0.3 is 15.0 Å². The number of carbonyl (C=O) groups is 1. The summed E-state index contributed by atoms with van der Waals surface area (Å²) >= 11 is 1.54. The first kappa shape index (κ1) is 19.9. The fraction of sp³-hybridized carbons (Fsp3) is 0.318. The number of hydrogen-bond donors (Lipinski definition) is 1. The van der Waals surface area contributed by atoms with Crippen molar-refractivity contribution < 1.29 is 9.53 Å². The van der Waals surface area contributed by atoms with Gasteiger partial charge in [0, 0.05) is 42.3 Å². The Morgan fingerprint density at radius 1 is 1.06 bits per heavy atom. The summed E-state index contributed by atoms with van der Waals surface area (Å²) in [6.45, 7) is 2.44. The monoisotopic (exact) mass is 434 g/mol. The second kappa shape index (κ2) is 8.60. The van der Waals surface area contributed by atoms with Gasteiger partial charge in [0.25, 0.3) is 5.91 Å². The Morgan fingerprint density at radius 3 is 2.65 bits per heavy atom. The molecule has 31 heavy (non-hydrogen) atoms. The maximum atomic E-state index is 12.6. The first-order valence-electron chi connectivity index (χ1n) is 10.2. The fourth-order valence-electron chi connectivity index (χ4n) is 3.80. The number of hydrogen-bond acceptors (Lipinski definition) is 8. The molecule has 158 valence electrons. The lowest BCUT2D eigenvalue weighted by Crippen LogP contribution is -2.40. The number of fused-ring (bicyclic) bond motifs is 3. The number of morpholine rings is 1. The van der Waals surface area contributed by atoms with Crippen molar-refractivity contribution >= 4 is 29.3 Å². The van der Waals surface area contributed by atoms with Crippen LogP contribution in [0.1, 0.15) is 21.6 Å². The van der Waals surface area contributed by atoms with E-state index in [1.807, 2.05) is 47.8 Å². The summed E-state index contributed by atoms with van der Waals surface area (Å²) in [7, 11) is 0. The van der Waals surface area contributed by atoms with E-state index in [0.717, 1.165) is 46.2 Å². The van der Waals surface area contributed by atoms with Crippen LogP contribution in [-0.4, -0.2) is 63.3 Å². The van der Waals surface area contributed by atoms with Gasteiger partial charge in [-0.1, -0.05) is 11.8 Å². The van der Waals surface area contributed by atoms with Gasteiger partial charge in [-0.15, -0.1) is 0 Å². The molecule has 8 nitrogen and oxygen atoms in total. The van der Waals surface area contributed by atoms with E-state index in [1.165, 1.54) is 11.8 Å². The average molecular weight is 435 g/mol. The number of benzene rings is 1. The molecule has 0 saturated carbocycles. The summed E-state index contributed by atoms with van der Waals surface area (Å²) in [5, 5.41) is 4.02. The molecule has 1 N–H and O–H groups in total. The van der Waals surface area contributed by atoms with E-state index < -0.39 is 0 Å². The SMILES string of the molecule is CSc1ncc2c(n1)CCc1cnc(Nc3ccc(C(=O)N4CCOCC4)cc3)nc1-2. The van der Waals surface area contributed by atoms with Crippen LogP contribution in [0, 0.1) is 0 Å². The normalized spacial score (nSPS) is 15.2. The van der Waals surface area contributed by atoms with Gasteiger partial charge >= 0.3 is 0 Å². The summed E-state index contributed by atoms with van der Waals surface area (Å²) in [4.78, 5) is 32.7. The van der Waals surface area contributed by atoms with Crippen LogP contribution in [0.2, 0.25) is 0 Å². The summed E-state index contributed by atoms with van der Waals surface area (Å²) < 4.78 is 5.32. The van der Waals surface area contributed by atoms with Crippen molar-refractivity contribution in [1.29, 1.82) is 0 Å². The lowest BCUT2D eigenvalue weighted by atomic mass is 9.95. The van der Waals surface area contributed by atoms with Gasteiger partial charge in [0.1, 0.15) is 0 Å². The summed E-state index contributed by atoms with van der Waals surface area (Å²) in [6.07, 6.45) is 7.43. The van der Waals surface area contributed by atoms with Crippen molar-refractivity contribution in [2.24, 2.45) is 0 Å². The molecule has 3 aromatic rings. The molecule has 1 amide bonds. The van der Waals surface area contributed by atoms with E-state index in [1.54, 1.807) is 0 Å². The van der Waals surface area contributed by atoms with Gasteiger partial charge in [-0.3, -0.25) is 4.79 Å². The molecule has 9 heteroatoms. The average Bonchev–Trinajstić information content (AvgIpc) is 2.84. The molecule has 1 aliphatic carbocycles. The van der Waals surface area contributed by atoms with Crippen LogP contribution in [0.5, 0.6) is 0 Å². The van der Waals surface area contributed by atoms with E-state index >= 15 is 0 Å². The van der Waals surface area contributed by atoms with Crippen LogP contribution in [0.3, 0.4) is 0 Å². The molecule has 0 radical (unpaired) electrons. The van der Waals surface area contributed by atoms with Gasteiger partial charge in [0.2, 0.25) is 5.95 Å².